The molecule has 0 aliphatic carbocycles. The molecular weight excluding hydrogens is 234 g/mol. The first kappa shape index (κ1) is 6.32. The van der Waals surface area contributed by atoms with Gasteiger partial charge in [0.15, 0.2) is 0 Å². The summed E-state index contributed by atoms with van der Waals surface area (Å²) in [6, 6.07) is 0. The van der Waals surface area contributed by atoms with Crippen LogP contribution in [-0.2, 0) is 0 Å². The summed E-state index contributed by atoms with van der Waals surface area (Å²) in [5.41, 5.74) is 0. The zero-order chi connectivity index (χ0) is 5.82. The van der Waals surface area contributed by atoms with Gasteiger partial charge in [0.05, 0.1) is 0 Å². The van der Waals surface area contributed by atoms with Crippen LogP contribution in [0, 0.1) is 11.5 Å². The van der Waals surface area contributed by atoms with Crippen LogP contribution in [0.25, 0.3) is 0 Å². The fourth-order valence-corrected chi connectivity index (χ4v) is 6.65. The number of nitriles is 1. The van der Waals surface area contributed by atoms with Crippen LogP contribution in [0.1, 0.15) is 0 Å². The van der Waals surface area contributed by atoms with Crippen molar-refractivity contribution in [1.82, 2.24) is 0 Å². The van der Waals surface area contributed by atoms with Crippen LogP contribution < -0.4 is 0 Å². The van der Waals surface area contributed by atoms with Crippen molar-refractivity contribution < 1.29 is 0 Å². The second-order valence-electron chi connectivity index (χ2n) is 1.17. The van der Waals surface area contributed by atoms with Crippen molar-refractivity contribution in [3.63, 3.8) is 0 Å². The Morgan fingerprint density at radius 1 is 1.50 bits per heavy atom. The molecular formula is C4H4N2Se2. The van der Waals surface area contributed by atoms with E-state index in [4.69, 9.17) is 5.26 Å². The molecule has 0 atom stereocenters. The Morgan fingerprint density at radius 2 is 2.12 bits per heavy atom. The van der Waals surface area contributed by atoms with Gasteiger partial charge in [0.1, 0.15) is 0 Å². The molecule has 0 aromatic heterocycles. The maximum absolute atomic E-state index is 8.11. The third kappa shape index (κ3) is 1.61. The van der Waals surface area contributed by atoms with Gasteiger partial charge in [-0.15, -0.1) is 0 Å². The van der Waals surface area contributed by atoms with Crippen LogP contribution in [0.2, 0.25) is 10.6 Å². The van der Waals surface area contributed by atoms with E-state index in [9.17, 15) is 0 Å². The van der Waals surface area contributed by atoms with Gasteiger partial charge < -0.3 is 0 Å². The molecule has 42 valence electrons. The molecule has 1 heterocycles. The molecule has 4 heteroatoms. The molecule has 1 aliphatic heterocycles. The first-order chi connectivity index (χ1) is 3.93. The molecule has 0 aromatic carbocycles. The molecule has 0 aromatic rings. The summed E-state index contributed by atoms with van der Waals surface area (Å²) in [7, 11) is 0. The summed E-state index contributed by atoms with van der Waals surface area (Å²) >= 11 is 1.19. The van der Waals surface area contributed by atoms with Crippen LogP contribution in [-0.4, -0.2) is 33.4 Å². The van der Waals surface area contributed by atoms with Crippen molar-refractivity contribution >= 4 is 33.4 Å². The number of rotatable bonds is 0. The second kappa shape index (κ2) is 3.27. The predicted octanol–water partition coefficient (Wildman–Crippen LogP) is 0.0821. The molecule has 1 aliphatic rings. The Bertz CT molecular complexity index is 139. The Morgan fingerprint density at radius 3 is 2.62 bits per heavy atom. The molecule has 0 radical (unpaired) electrons. The average molecular weight is 238 g/mol. The summed E-state index contributed by atoms with van der Waals surface area (Å²) in [5, 5.41) is 10.7. The first-order valence-electron chi connectivity index (χ1n) is 2.16. The fourth-order valence-electron chi connectivity index (χ4n) is 0.405. The summed E-state index contributed by atoms with van der Waals surface area (Å²) in [6.07, 6.45) is 1.83. The van der Waals surface area contributed by atoms with Gasteiger partial charge >= 0.3 is 60.5 Å². The minimum atomic E-state index is 0.593. The van der Waals surface area contributed by atoms with Crippen LogP contribution >= 0.6 is 0 Å². The zero-order valence-electron chi connectivity index (χ0n) is 4.13. The van der Waals surface area contributed by atoms with Gasteiger partial charge in [-0.3, -0.25) is 0 Å². The van der Waals surface area contributed by atoms with Gasteiger partial charge in [-0.2, -0.15) is 0 Å². The van der Waals surface area contributed by atoms with Gasteiger partial charge in [0.2, 0.25) is 0 Å². The minimum absolute atomic E-state index is 0.593. The molecule has 0 bridgehead atoms. The van der Waals surface area contributed by atoms with Crippen LogP contribution in [0.15, 0.2) is 4.99 Å². The van der Waals surface area contributed by atoms with Crippen LogP contribution in [0.5, 0.6) is 0 Å². The normalized spacial score (nSPS) is 18.1. The van der Waals surface area contributed by atoms with E-state index in [0.29, 0.717) is 29.9 Å². The van der Waals surface area contributed by atoms with E-state index in [0.717, 1.165) is 0 Å². The van der Waals surface area contributed by atoms with Crippen molar-refractivity contribution in [1.29, 1.82) is 5.26 Å². The van der Waals surface area contributed by atoms with Crippen molar-refractivity contribution in [2.75, 3.05) is 0 Å². The maximum atomic E-state index is 8.11. The molecule has 2 nitrogen and oxygen atoms in total. The third-order valence-electron chi connectivity index (χ3n) is 0.676. The molecule has 0 unspecified atom stereocenters. The second-order valence-corrected chi connectivity index (χ2v) is 7.03. The van der Waals surface area contributed by atoms with Gasteiger partial charge in [-0.25, -0.2) is 0 Å². The van der Waals surface area contributed by atoms with E-state index in [1.807, 2.05) is 6.19 Å². The average Bonchev–Trinajstić information content (AvgIpc) is 2.19. The Labute approximate surface area is 60.7 Å². The third-order valence-corrected chi connectivity index (χ3v) is 7.69. The van der Waals surface area contributed by atoms with Gasteiger partial charge in [0.25, 0.3) is 0 Å². The van der Waals surface area contributed by atoms with E-state index in [1.165, 1.54) is 14.1 Å². The Hall–Kier alpha value is 0.199. The molecule has 0 saturated carbocycles. The molecule has 1 fully saturated rings. The summed E-state index contributed by atoms with van der Waals surface area (Å²) in [4.78, 5) is 3.70. The van der Waals surface area contributed by atoms with Gasteiger partial charge in [-0.05, 0) is 0 Å². The monoisotopic (exact) mass is 240 g/mol. The van der Waals surface area contributed by atoms with Crippen LogP contribution in [0.4, 0.5) is 0 Å². The number of hydrogen-bond acceptors (Lipinski definition) is 2. The van der Waals surface area contributed by atoms with Crippen molar-refractivity contribution in [3.8, 4) is 6.19 Å². The van der Waals surface area contributed by atoms with E-state index >= 15 is 0 Å². The first-order valence-corrected chi connectivity index (χ1v) is 6.29. The van der Waals surface area contributed by atoms with E-state index in [2.05, 4.69) is 4.99 Å². The molecule has 0 N–H and O–H groups in total. The molecule has 0 spiro atoms. The van der Waals surface area contributed by atoms with Crippen molar-refractivity contribution in [2.45, 2.75) is 10.6 Å². The number of nitrogens with zero attached hydrogens (tertiary/aromatic N) is 2. The standard InChI is InChI=1S/C4H4N2Se2/c5-3-6-4-7-1-2-8-4/h1-2H2. The number of aliphatic imine (C=N–C) groups is 1. The van der Waals surface area contributed by atoms with Crippen molar-refractivity contribution in [2.24, 2.45) is 4.99 Å². The van der Waals surface area contributed by atoms with E-state index < -0.39 is 0 Å². The van der Waals surface area contributed by atoms with E-state index in [-0.39, 0.29) is 0 Å². The Balaban J connectivity index is 2.48. The molecule has 0 amide bonds. The summed E-state index contributed by atoms with van der Waals surface area (Å²) < 4.78 is 1.22. The molecule has 8 heavy (non-hydrogen) atoms. The van der Waals surface area contributed by atoms with Crippen molar-refractivity contribution in [3.05, 3.63) is 0 Å². The summed E-state index contributed by atoms with van der Waals surface area (Å²) in [5.74, 6) is 0. The van der Waals surface area contributed by atoms with E-state index in [1.54, 1.807) is 0 Å². The molecule has 1 saturated heterocycles. The quantitative estimate of drug-likeness (QED) is 0.435. The topological polar surface area (TPSA) is 36.1 Å². The zero-order valence-corrected chi connectivity index (χ0v) is 7.55. The SMILES string of the molecule is N#CN=C1[Se]CC[Se]1. The fraction of sp³-hybridized carbons (Fsp3) is 0.500. The summed E-state index contributed by atoms with van der Waals surface area (Å²) in [6.45, 7) is 0. The van der Waals surface area contributed by atoms with Gasteiger partial charge in [0, 0.05) is 0 Å². The Kier molecular flexibility index (Phi) is 2.58. The van der Waals surface area contributed by atoms with Crippen LogP contribution in [0.3, 0.4) is 0 Å². The number of hydrogen-bond donors (Lipinski definition) is 0. The molecule has 1 rings (SSSR count). The van der Waals surface area contributed by atoms with Gasteiger partial charge in [-0.1, -0.05) is 0 Å². The predicted molar refractivity (Wildman–Crippen MR) is 34.2 cm³/mol.